The van der Waals surface area contributed by atoms with Crippen molar-refractivity contribution in [2.45, 2.75) is 9.50 Å². The normalized spacial score (nSPS) is 10.9. The maximum atomic E-state index is 12.0. The van der Waals surface area contributed by atoms with Crippen molar-refractivity contribution in [1.82, 2.24) is 25.4 Å². The third-order valence-electron chi connectivity index (χ3n) is 3.05. The zero-order chi connectivity index (χ0) is 20.5. The van der Waals surface area contributed by atoms with Gasteiger partial charge in [-0.2, -0.15) is 10.1 Å². The molecule has 1 amide bonds. The number of aromatic hydroxyl groups is 1. The molecule has 29 heavy (non-hydrogen) atoms. The molecule has 0 bridgehead atoms. The quantitative estimate of drug-likeness (QED) is 0.121. The van der Waals surface area contributed by atoms with E-state index in [1.165, 1.54) is 34.9 Å². The summed E-state index contributed by atoms with van der Waals surface area (Å²) in [4.78, 5) is 16.2. The fraction of sp³-hybridized carbons (Fsp3) is 0.125. The largest absolute Gasteiger partial charge is 0.508 e. The summed E-state index contributed by atoms with van der Waals surface area (Å²) in [5.74, 6) is 1.17. The Morgan fingerprint density at radius 3 is 2.93 bits per heavy atom. The van der Waals surface area contributed by atoms with Crippen LogP contribution in [-0.4, -0.2) is 54.1 Å². The topological polar surface area (TPSA) is 141 Å². The highest BCUT2D eigenvalue weighted by molar-refractivity contribution is 8.01. The van der Waals surface area contributed by atoms with Gasteiger partial charge in [0.15, 0.2) is 4.34 Å². The Kier molecular flexibility index (Phi) is 7.61. The Morgan fingerprint density at radius 2 is 2.14 bits per heavy atom. The predicted octanol–water partition coefficient (Wildman–Crippen LogP) is 2.82. The van der Waals surface area contributed by atoms with E-state index in [1.54, 1.807) is 36.6 Å². The number of amides is 1. The van der Waals surface area contributed by atoms with E-state index >= 15 is 0 Å². The molecule has 0 aliphatic heterocycles. The standard InChI is InChI=1S/C16H16N8O2S3/c1-2-7-27-16-24-23-15(29-16)18-12(26)9-28-14-19-13(21-22-14)20-17-8-10-3-5-11(25)6-4-10/h2-6,8,25H,1,7,9H2,(H,18,23,26)(H2,19,20,21,22)/b17-8+. The Morgan fingerprint density at radius 1 is 1.31 bits per heavy atom. The molecular weight excluding hydrogens is 432 g/mol. The number of H-pyrrole nitrogens is 1. The fourth-order valence-electron chi connectivity index (χ4n) is 1.82. The number of phenols is 1. The van der Waals surface area contributed by atoms with Crippen molar-refractivity contribution in [3.63, 3.8) is 0 Å². The van der Waals surface area contributed by atoms with Gasteiger partial charge in [0.25, 0.3) is 0 Å². The number of thioether (sulfide) groups is 2. The number of carbonyl (C=O) groups is 1. The van der Waals surface area contributed by atoms with Crippen LogP contribution in [0.3, 0.4) is 0 Å². The van der Waals surface area contributed by atoms with Crippen LogP contribution in [0.1, 0.15) is 5.56 Å². The van der Waals surface area contributed by atoms with Crippen LogP contribution in [0.15, 0.2) is 51.5 Å². The van der Waals surface area contributed by atoms with Gasteiger partial charge in [-0.1, -0.05) is 40.9 Å². The highest BCUT2D eigenvalue weighted by Gasteiger charge is 2.11. The van der Waals surface area contributed by atoms with Crippen LogP contribution in [0.2, 0.25) is 0 Å². The van der Waals surface area contributed by atoms with Gasteiger partial charge < -0.3 is 5.11 Å². The van der Waals surface area contributed by atoms with E-state index in [1.807, 2.05) is 0 Å². The van der Waals surface area contributed by atoms with Gasteiger partial charge >= 0.3 is 0 Å². The summed E-state index contributed by atoms with van der Waals surface area (Å²) >= 11 is 3.99. The van der Waals surface area contributed by atoms with Crippen molar-refractivity contribution in [1.29, 1.82) is 0 Å². The second-order valence-electron chi connectivity index (χ2n) is 5.24. The lowest BCUT2D eigenvalue weighted by Crippen LogP contribution is -2.13. The van der Waals surface area contributed by atoms with E-state index in [2.05, 4.69) is 47.8 Å². The molecule has 150 valence electrons. The zero-order valence-electron chi connectivity index (χ0n) is 14.9. The maximum absolute atomic E-state index is 12.0. The van der Waals surface area contributed by atoms with Gasteiger partial charge in [0.2, 0.25) is 22.1 Å². The zero-order valence-corrected chi connectivity index (χ0v) is 17.4. The number of benzene rings is 1. The lowest BCUT2D eigenvalue weighted by Gasteiger charge is -1.98. The second kappa shape index (κ2) is 10.6. The molecule has 3 rings (SSSR count). The van der Waals surface area contributed by atoms with E-state index in [-0.39, 0.29) is 17.4 Å². The summed E-state index contributed by atoms with van der Waals surface area (Å²) < 4.78 is 0.769. The number of aromatic nitrogens is 5. The van der Waals surface area contributed by atoms with Crippen molar-refractivity contribution < 1.29 is 9.90 Å². The maximum Gasteiger partial charge on any atom is 0.240 e. The molecule has 10 nitrogen and oxygen atoms in total. The molecule has 2 aromatic heterocycles. The molecule has 0 saturated heterocycles. The van der Waals surface area contributed by atoms with Crippen molar-refractivity contribution in [2.24, 2.45) is 5.10 Å². The number of nitrogens with zero attached hydrogens (tertiary/aromatic N) is 5. The minimum Gasteiger partial charge on any atom is -0.508 e. The molecule has 0 unspecified atom stereocenters. The molecule has 2 heterocycles. The van der Waals surface area contributed by atoms with Crippen molar-refractivity contribution in [3.8, 4) is 5.75 Å². The van der Waals surface area contributed by atoms with Gasteiger partial charge in [-0.25, -0.2) is 10.5 Å². The first kappa shape index (κ1) is 20.8. The van der Waals surface area contributed by atoms with E-state index < -0.39 is 0 Å². The van der Waals surface area contributed by atoms with Gasteiger partial charge in [0, 0.05) is 5.75 Å². The molecule has 1 aromatic carbocycles. The number of phenolic OH excluding ortho intramolecular Hbond substituents is 1. The summed E-state index contributed by atoms with van der Waals surface area (Å²) in [6.07, 6.45) is 3.35. The summed E-state index contributed by atoms with van der Waals surface area (Å²) in [5.41, 5.74) is 3.52. The van der Waals surface area contributed by atoms with Crippen LogP contribution < -0.4 is 10.7 Å². The molecule has 0 fully saturated rings. The Labute approximate surface area is 178 Å². The average Bonchev–Trinajstić information content (AvgIpc) is 3.36. The number of hydrogen-bond donors (Lipinski definition) is 4. The average molecular weight is 449 g/mol. The smallest absolute Gasteiger partial charge is 0.240 e. The first-order chi connectivity index (χ1) is 14.1. The number of nitrogens with one attached hydrogen (secondary N) is 3. The van der Waals surface area contributed by atoms with Crippen LogP contribution in [0, 0.1) is 0 Å². The molecule has 3 aromatic rings. The fourth-order valence-corrected chi connectivity index (χ4v) is 3.95. The monoisotopic (exact) mass is 448 g/mol. The Bertz CT molecular complexity index is 986. The summed E-state index contributed by atoms with van der Waals surface area (Å²) in [7, 11) is 0. The van der Waals surface area contributed by atoms with Crippen LogP contribution in [0.5, 0.6) is 5.75 Å². The molecule has 0 radical (unpaired) electrons. The number of rotatable bonds is 10. The third kappa shape index (κ3) is 6.89. The van der Waals surface area contributed by atoms with Crippen LogP contribution in [0.4, 0.5) is 11.1 Å². The van der Waals surface area contributed by atoms with Crippen LogP contribution >= 0.6 is 34.9 Å². The number of anilines is 2. The summed E-state index contributed by atoms with van der Waals surface area (Å²) in [6, 6.07) is 6.58. The first-order valence-corrected chi connectivity index (χ1v) is 10.9. The predicted molar refractivity (Wildman–Crippen MR) is 116 cm³/mol. The summed E-state index contributed by atoms with van der Waals surface area (Å²) in [5, 5.41) is 31.4. The lowest BCUT2D eigenvalue weighted by molar-refractivity contribution is -0.113. The molecule has 13 heteroatoms. The highest BCUT2D eigenvalue weighted by Crippen LogP contribution is 2.25. The van der Waals surface area contributed by atoms with Gasteiger partial charge in [0.05, 0.1) is 12.0 Å². The Hall–Kier alpha value is -2.90. The van der Waals surface area contributed by atoms with Gasteiger partial charge in [-0.15, -0.1) is 21.9 Å². The lowest BCUT2D eigenvalue weighted by atomic mass is 10.2. The van der Waals surface area contributed by atoms with E-state index in [0.29, 0.717) is 16.2 Å². The SMILES string of the molecule is C=CCSc1nnc(NC(=O)CSc2n[nH]c(N/N=C/c3ccc(O)cc3)n2)s1. The van der Waals surface area contributed by atoms with E-state index in [4.69, 9.17) is 0 Å². The number of aromatic amines is 1. The van der Waals surface area contributed by atoms with Crippen molar-refractivity contribution in [3.05, 3.63) is 42.5 Å². The molecule has 0 spiro atoms. The molecule has 0 saturated carbocycles. The highest BCUT2D eigenvalue weighted by atomic mass is 32.2. The van der Waals surface area contributed by atoms with Gasteiger partial charge in [-0.05, 0) is 29.8 Å². The number of carbonyl (C=O) groups excluding carboxylic acids is 1. The minimum absolute atomic E-state index is 0.128. The summed E-state index contributed by atoms with van der Waals surface area (Å²) in [6.45, 7) is 3.65. The Balaban J connectivity index is 1.42. The van der Waals surface area contributed by atoms with E-state index in [9.17, 15) is 9.90 Å². The van der Waals surface area contributed by atoms with Crippen LogP contribution in [-0.2, 0) is 4.79 Å². The van der Waals surface area contributed by atoms with E-state index in [0.717, 1.165) is 15.7 Å². The molecule has 4 N–H and O–H groups in total. The number of hydrogen-bond acceptors (Lipinski definition) is 11. The number of hydrazone groups is 1. The van der Waals surface area contributed by atoms with Crippen molar-refractivity contribution in [2.75, 3.05) is 22.2 Å². The van der Waals surface area contributed by atoms with Gasteiger partial charge in [0.1, 0.15) is 5.75 Å². The second-order valence-corrected chi connectivity index (χ2v) is 8.42. The minimum atomic E-state index is -0.226. The molecule has 0 atom stereocenters. The molecule has 0 aliphatic carbocycles. The molecule has 0 aliphatic rings. The molecular formula is C16H16N8O2S3. The third-order valence-corrected chi connectivity index (χ3v) is 5.87. The first-order valence-electron chi connectivity index (χ1n) is 8.13. The van der Waals surface area contributed by atoms with Crippen molar-refractivity contribution >= 4 is 58.1 Å². The van der Waals surface area contributed by atoms with Gasteiger partial charge in [-0.3, -0.25) is 10.1 Å². The van der Waals surface area contributed by atoms with Crippen LogP contribution in [0.25, 0.3) is 0 Å².